The SMILES string of the molecule is CC(C)N1CCN(C(=O)Cn2ccc([N+](=O)[O-])n2)CC1. The van der Waals surface area contributed by atoms with Crippen molar-refractivity contribution in [3.63, 3.8) is 0 Å². The number of nitrogens with zero attached hydrogens (tertiary/aromatic N) is 5. The minimum absolute atomic E-state index is 0.0496. The number of hydrogen-bond donors (Lipinski definition) is 0. The van der Waals surface area contributed by atoms with Crippen molar-refractivity contribution in [3.8, 4) is 0 Å². The minimum Gasteiger partial charge on any atom is -0.358 e. The van der Waals surface area contributed by atoms with E-state index in [1.807, 2.05) is 0 Å². The van der Waals surface area contributed by atoms with Crippen LogP contribution in [0, 0.1) is 10.1 Å². The zero-order valence-electron chi connectivity index (χ0n) is 11.7. The highest BCUT2D eigenvalue weighted by molar-refractivity contribution is 5.76. The minimum atomic E-state index is -0.567. The Balaban J connectivity index is 1.87. The van der Waals surface area contributed by atoms with Crippen molar-refractivity contribution in [1.29, 1.82) is 0 Å². The first-order valence-corrected chi connectivity index (χ1v) is 6.67. The molecule has 0 saturated carbocycles. The number of piperazine rings is 1. The summed E-state index contributed by atoms with van der Waals surface area (Å²) in [6.07, 6.45) is 1.46. The van der Waals surface area contributed by atoms with Gasteiger partial charge in [0.15, 0.2) is 0 Å². The van der Waals surface area contributed by atoms with Crippen LogP contribution in [0.4, 0.5) is 5.82 Å². The average Bonchev–Trinajstić information content (AvgIpc) is 2.87. The van der Waals surface area contributed by atoms with E-state index in [0.717, 1.165) is 13.1 Å². The molecular formula is C12H19N5O3. The van der Waals surface area contributed by atoms with Gasteiger partial charge in [-0.15, -0.1) is 0 Å². The lowest BCUT2D eigenvalue weighted by molar-refractivity contribution is -0.389. The van der Waals surface area contributed by atoms with Gasteiger partial charge in [-0.25, -0.2) is 0 Å². The van der Waals surface area contributed by atoms with Gasteiger partial charge >= 0.3 is 5.82 Å². The Morgan fingerprint density at radius 3 is 2.55 bits per heavy atom. The number of carbonyl (C=O) groups excluding carboxylic acids is 1. The maximum atomic E-state index is 12.1. The molecule has 8 heteroatoms. The first kappa shape index (κ1) is 14.4. The average molecular weight is 281 g/mol. The van der Waals surface area contributed by atoms with E-state index >= 15 is 0 Å². The van der Waals surface area contributed by atoms with Gasteiger partial charge in [-0.1, -0.05) is 0 Å². The van der Waals surface area contributed by atoms with Crippen LogP contribution in [0.1, 0.15) is 13.8 Å². The number of aromatic nitrogens is 2. The van der Waals surface area contributed by atoms with E-state index in [1.54, 1.807) is 4.90 Å². The summed E-state index contributed by atoms with van der Waals surface area (Å²) < 4.78 is 1.31. The fourth-order valence-electron chi connectivity index (χ4n) is 2.26. The standard InChI is InChI=1S/C12H19N5O3/c1-10(2)14-5-7-15(8-6-14)12(18)9-16-4-3-11(13-16)17(19)20/h3-4,10H,5-9H2,1-2H3. The van der Waals surface area contributed by atoms with Crippen LogP contribution in [0.25, 0.3) is 0 Å². The van der Waals surface area contributed by atoms with Crippen LogP contribution in [-0.4, -0.2) is 62.6 Å². The molecule has 1 aliphatic heterocycles. The molecule has 1 amide bonds. The summed E-state index contributed by atoms with van der Waals surface area (Å²) in [7, 11) is 0. The molecule has 0 aliphatic carbocycles. The number of nitro groups is 1. The van der Waals surface area contributed by atoms with Crippen molar-refractivity contribution in [1.82, 2.24) is 19.6 Å². The third-order valence-corrected chi connectivity index (χ3v) is 3.51. The number of hydrogen-bond acceptors (Lipinski definition) is 5. The molecule has 1 fully saturated rings. The van der Waals surface area contributed by atoms with Gasteiger partial charge in [-0.05, 0) is 18.8 Å². The molecular weight excluding hydrogens is 262 g/mol. The number of rotatable bonds is 4. The van der Waals surface area contributed by atoms with E-state index < -0.39 is 4.92 Å². The first-order valence-electron chi connectivity index (χ1n) is 6.67. The molecule has 1 saturated heterocycles. The third kappa shape index (κ3) is 3.32. The first-order chi connectivity index (χ1) is 9.47. The Kier molecular flexibility index (Phi) is 4.33. The molecule has 2 heterocycles. The monoisotopic (exact) mass is 281 g/mol. The second kappa shape index (κ2) is 6.00. The maximum absolute atomic E-state index is 12.1. The highest BCUT2D eigenvalue weighted by Gasteiger charge is 2.23. The zero-order chi connectivity index (χ0) is 14.7. The van der Waals surface area contributed by atoms with Gasteiger partial charge in [-0.2, -0.15) is 4.68 Å². The lowest BCUT2D eigenvalue weighted by Crippen LogP contribution is -2.51. The van der Waals surface area contributed by atoms with E-state index in [2.05, 4.69) is 23.8 Å². The van der Waals surface area contributed by atoms with Gasteiger partial charge in [0, 0.05) is 32.2 Å². The topological polar surface area (TPSA) is 84.5 Å². The van der Waals surface area contributed by atoms with Gasteiger partial charge in [0.05, 0.1) is 17.4 Å². The Bertz CT molecular complexity index is 491. The molecule has 2 rings (SSSR count). The van der Waals surface area contributed by atoms with Crippen LogP contribution in [-0.2, 0) is 11.3 Å². The third-order valence-electron chi connectivity index (χ3n) is 3.51. The van der Waals surface area contributed by atoms with Crippen LogP contribution < -0.4 is 0 Å². The van der Waals surface area contributed by atoms with Gasteiger partial charge < -0.3 is 15.0 Å². The summed E-state index contributed by atoms with van der Waals surface area (Å²) >= 11 is 0. The molecule has 0 N–H and O–H groups in total. The van der Waals surface area contributed by atoms with Gasteiger partial charge in [0.1, 0.15) is 6.54 Å². The summed E-state index contributed by atoms with van der Waals surface area (Å²) in [6, 6.07) is 1.78. The predicted molar refractivity (Wildman–Crippen MR) is 72.2 cm³/mol. The molecule has 0 atom stereocenters. The van der Waals surface area contributed by atoms with Crippen molar-refractivity contribution in [2.45, 2.75) is 26.4 Å². The molecule has 0 aromatic carbocycles. The van der Waals surface area contributed by atoms with Crippen LogP contribution in [0.5, 0.6) is 0 Å². The Morgan fingerprint density at radius 1 is 1.40 bits per heavy atom. The molecule has 8 nitrogen and oxygen atoms in total. The molecule has 0 bridgehead atoms. The lowest BCUT2D eigenvalue weighted by Gasteiger charge is -2.36. The van der Waals surface area contributed by atoms with Gasteiger partial charge in [0.25, 0.3) is 0 Å². The summed E-state index contributed by atoms with van der Waals surface area (Å²) in [5, 5.41) is 14.3. The highest BCUT2D eigenvalue weighted by Crippen LogP contribution is 2.08. The number of carbonyl (C=O) groups is 1. The predicted octanol–water partition coefficient (Wildman–Crippen LogP) is 0.344. The zero-order valence-corrected chi connectivity index (χ0v) is 11.7. The molecule has 20 heavy (non-hydrogen) atoms. The molecule has 110 valence electrons. The molecule has 0 unspecified atom stereocenters. The largest absolute Gasteiger partial charge is 0.389 e. The highest BCUT2D eigenvalue weighted by atomic mass is 16.6. The van der Waals surface area contributed by atoms with E-state index in [0.29, 0.717) is 19.1 Å². The molecule has 0 radical (unpaired) electrons. The van der Waals surface area contributed by atoms with Crippen molar-refractivity contribution in [2.75, 3.05) is 26.2 Å². The fourth-order valence-corrected chi connectivity index (χ4v) is 2.26. The van der Waals surface area contributed by atoms with Crippen LogP contribution in [0.3, 0.4) is 0 Å². The van der Waals surface area contributed by atoms with Crippen LogP contribution >= 0.6 is 0 Å². The summed E-state index contributed by atoms with van der Waals surface area (Å²) in [4.78, 5) is 26.2. The van der Waals surface area contributed by atoms with E-state index in [4.69, 9.17) is 0 Å². The van der Waals surface area contributed by atoms with E-state index in [-0.39, 0.29) is 18.3 Å². The van der Waals surface area contributed by atoms with Gasteiger partial charge in [-0.3, -0.25) is 9.69 Å². The smallest absolute Gasteiger partial charge is 0.358 e. The van der Waals surface area contributed by atoms with Gasteiger partial charge in [0.2, 0.25) is 5.91 Å². The molecule has 1 aliphatic rings. The Hall–Kier alpha value is -1.96. The fraction of sp³-hybridized carbons (Fsp3) is 0.667. The Labute approximate surface area is 117 Å². The molecule has 1 aromatic rings. The van der Waals surface area contributed by atoms with E-state index in [9.17, 15) is 14.9 Å². The van der Waals surface area contributed by atoms with Crippen molar-refractivity contribution in [2.24, 2.45) is 0 Å². The summed E-state index contributed by atoms with van der Waals surface area (Å²) in [5.74, 6) is -0.283. The van der Waals surface area contributed by atoms with Crippen LogP contribution in [0.2, 0.25) is 0 Å². The molecule has 0 spiro atoms. The maximum Gasteiger partial charge on any atom is 0.389 e. The lowest BCUT2D eigenvalue weighted by atomic mass is 10.2. The second-order valence-electron chi connectivity index (χ2n) is 5.14. The Morgan fingerprint density at radius 2 is 2.05 bits per heavy atom. The van der Waals surface area contributed by atoms with Crippen molar-refractivity contribution < 1.29 is 9.72 Å². The van der Waals surface area contributed by atoms with Crippen molar-refractivity contribution >= 4 is 11.7 Å². The summed E-state index contributed by atoms with van der Waals surface area (Å²) in [6.45, 7) is 7.45. The van der Waals surface area contributed by atoms with E-state index in [1.165, 1.54) is 16.9 Å². The second-order valence-corrected chi connectivity index (χ2v) is 5.14. The molecule has 1 aromatic heterocycles. The van der Waals surface area contributed by atoms with Crippen molar-refractivity contribution in [3.05, 3.63) is 22.4 Å². The normalized spacial score (nSPS) is 16.6. The number of amides is 1. The summed E-state index contributed by atoms with van der Waals surface area (Å²) in [5.41, 5.74) is 0. The quantitative estimate of drug-likeness (QED) is 0.587. The van der Waals surface area contributed by atoms with Crippen LogP contribution in [0.15, 0.2) is 12.3 Å².